The van der Waals surface area contributed by atoms with Gasteiger partial charge < -0.3 is 9.72 Å². The van der Waals surface area contributed by atoms with Crippen LogP contribution in [0.5, 0.6) is 0 Å². The predicted octanol–water partition coefficient (Wildman–Crippen LogP) is 0.0319. The van der Waals surface area contributed by atoms with Crippen LogP contribution in [-0.4, -0.2) is 44.5 Å². The second-order valence-electron chi connectivity index (χ2n) is 3.36. The number of rotatable bonds is 6. The lowest BCUT2D eigenvalue weighted by Gasteiger charge is -2.19. The van der Waals surface area contributed by atoms with Gasteiger partial charge in [-0.1, -0.05) is 6.92 Å². The van der Waals surface area contributed by atoms with Crippen LogP contribution in [0.25, 0.3) is 0 Å². The van der Waals surface area contributed by atoms with E-state index < -0.39 is 15.5 Å². The van der Waals surface area contributed by atoms with Crippen molar-refractivity contribution in [2.24, 2.45) is 0 Å². The molecule has 1 aromatic heterocycles. The van der Waals surface area contributed by atoms with Gasteiger partial charge in [0.25, 0.3) is 0 Å². The summed E-state index contributed by atoms with van der Waals surface area (Å²) in [6.07, 6.45) is 2.60. The summed E-state index contributed by atoms with van der Waals surface area (Å²) in [5, 5.41) is 0. The van der Waals surface area contributed by atoms with Gasteiger partial charge in [-0.25, -0.2) is 8.42 Å². The third-order valence-electron chi connectivity index (χ3n) is 2.30. The van der Waals surface area contributed by atoms with Crippen molar-refractivity contribution in [1.29, 1.82) is 0 Å². The lowest BCUT2D eigenvalue weighted by molar-refractivity contribution is 0.180. The highest BCUT2D eigenvalue weighted by molar-refractivity contribution is 7.89. The summed E-state index contributed by atoms with van der Waals surface area (Å²) in [6.45, 7) is 2.52. The van der Waals surface area contributed by atoms with E-state index in [4.69, 9.17) is 4.74 Å². The Kier molecular flexibility index (Phi) is 4.86. The molecular formula is C10H16N2O4S. The van der Waals surface area contributed by atoms with Crippen molar-refractivity contribution in [3.8, 4) is 0 Å². The summed E-state index contributed by atoms with van der Waals surface area (Å²) in [6, 6.07) is 1.19. The van der Waals surface area contributed by atoms with Gasteiger partial charge in [0.1, 0.15) is 4.90 Å². The average molecular weight is 260 g/mol. The topological polar surface area (TPSA) is 79.5 Å². The predicted molar refractivity (Wildman–Crippen MR) is 63.4 cm³/mol. The Balaban J connectivity index is 3.09. The fraction of sp³-hybridized carbons (Fsp3) is 0.500. The molecule has 0 amide bonds. The van der Waals surface area contributed by atoms with Gasteiger partial charge in [0.15, 0.2) is 0 Å². The van der Waals surface area contributed by atoms with Gasteiger partial charge in [0.05, 0.1) is 6.61 Å². The molecule has 0 aliphatic rings. The van der Waals surface area contributed by atoms with Crippen molar-refractivity contribution in [3.05, 3.63) is 28.7 Å². The largest absolute Gasteiger partial charge is 0.383 e. The monoisotopic (exact) mass is 260 g/mol. The van der Waals surface area contributed by atoms with Gasteiger partial charge in [-0.3, -0.25) is 4.79 Å². The van der Waals surface area contributed by atoms with Gasteiger partial charge in [-0.05, 0) is 0 Å². The Morgan fingerprint density at radius 1 is 1.47 bits per heavy atom. The molecule has 17 heavy (non-hydrogen) atoms. The first kappa shape index (κ1) is 13.9. The highest BCUT2D eigenvalue weighted by atomic mass is 32.2. The fourth-order valence-electron chi connectivity index (χ4n) is 1.38. The van der Waals surface area contributed by atoms with Crippen LogP contribution in [0.4, 0.5) is 0 Å². The Morgan fingerprint density at radius 3 is 2.71 bits per heavy atom. The number of hydrogen-bond donors (Lipinski definition) is 1. The van der Waals surface area contributed by atoms with Gasteiger partial charge >= 0.3 is 0 Å². The van der Waals surface area contributed by atoms with Gasteiger partial charge in [0, 0.05) is 38.7 Å². The Bertz CT molecular complexity index is 509. The number of pyridine rings is 1. The smallest absolute Gasteiger partial charge is 0.248 e. The van der Waals surface area contributed by atoms with Crippen LogP contribution in [0, 0.1) is 0 Å². The van der Waals surface area contributed by atoms with E-state index in [2.05, 4.69) is 4.98 Å². The molecule has 0 radical (unpaired) electrons. The number of nitrogens with zero attached hydrogens (tertiary/aromatic N) is 1. The van der Waals surface area contributed by atoms with Crippen LogP contribution < -0.4 is 5.43 Å². The zero-order valence-corrected chi connectivity index (χ0v) is 10.7. The molecule has 1 aromatic rings. The van der Waals surface area contributed by atoms with Crippen LogP contribution in [0.15, 0.2) is 28.2 Å². The maximum absolute atomic E-state index is 12.1. The normalized spacial score (nSPS) is 11.9. The summed E-state index contributed by atoms with van der Waals surface area (Å²) >= 11 is 0. The minimum Gasteiger partial charge on any atom is -0.383 e. The lowest BCUT2D eigenvalue weighted by atomic mass is 10.5. The second kappa shape index (κ2) is 5.95. The molecular weight excluding hydrogens is 244 g/mol. The van der Waals surface area contributed by atoms with Crippen LogP contribution in [-0.2, 0) is 14.8 Å². The third-order valence-corrected chi connectivity index (χ3v) is 4.30. The summed E-state index contributed by atoms with van der Waals surface area (Å²) in [5.41, 5.74) is -0.514. The molecule has 0 saturated carbocycles. The zero-order chi connectivity index (χ0) is 12.9. The minimum absolute atomic E-state index is 0.226. The molecule has 0 spiro atoms. The molecule has 0 aliphatic carbocycles. The molecule has 0 fully saturated rings. The minimum atomic E-state index is -3.74. The number of nitrogens with one attached hydrogen (secondary N) is 1. The standard InChI is InChI=1S/C10H16N2O4S/c1-3-12(6-7-16-2)17(14,15)10-8-11-5-4-9(10)13/h4-5,8H,3,6-7H2,1-2H3,(H,11,13). The number of H-pyrrole nitrogens is 1. The molecule has 0 aromatic carbocycles. The van der Waals surface area contributed by atoms with E-state index in [1.54, 1.807) is 6.92 Å². The van der Waals surface area contributed by atoms with E-state index in [-0.39, 0.29) is 18.0 Å². The van der Waals surface area contributed by atoms with Gasteiger partial charge in [0.2, 0.25) is 15.5 Å². The van der Waals surface area contributed by atoms with E-state index in [0.29, 0.717) is 6.54 Å². The maximum atomic E-state index is 12.1. The Hall–Kier alpha value is -1.18. The molecule has 0 unspecified atom stereocenters. The maximum Gasteiger partial charge on any atom is 0.248 e. The molecule has 1 rings (SSSR count). The third kappa shape index (κ3) is 3.15. The van der Waals surface area contributed by atoms with Crippen molar-refractivity contribution in [2.45, 2.75) is 11.8 Å². The van der Waals surface area contributed by atoms with E-state index in [0.717, 1.165) is 0 Å². The molecule has 0 bridgehead atoms. The van der Waals surface area contributed by atoms with E-state index >= 15 is 0 Å². The lowest BCUT2D eigenvalue weighted by Crippen LogP contribution is -2.36. The summed E-state index contributed by atoms with van der Waals surface area (Å²) < 4.78 is 30.3. The number of aromatic amines is 1. The molecule has 1 N–H and O–H groups in total. The summed E-state index contributed by atoms with van der Waals surface area (Å²) in [5.74, 6) is 0. The van der Waals surface area contributed by atoms with Crippen molar-refractivity contribution in [1.82, 2.24) is 9.29 Å². The van der Waals surface area contributed by atoms with Crippen molar-refractivity contribution in [3.63, 3.8) is 0 Å². The first-order chi connectivity index (χ1) is 8.04. The van der Waals surface area contributed by atoms with Crippen LogP contribution in [0.3, 0.4) is 0 Å². The Morgan fingerprint density at radius 2 is 2.18 bits per heavy atom. The summed E-state index contributed by atoms with van der Waals surface area (Å²) in [7, 11) is -2.25. The zero-order valence-electron chi connectivity index (χ0n) is 9.84. The number of sulfonamides is 1. The molecule has 7 heteroatoms. The van der Waals surface area contributed by atoms with Crippen LogP contribution in [0.2, 0.25) is 0 Å². The SMILES string of the molecule is CCN(CCOC)S(=O)(=O)c1c[nH]ccc1=O. The number of ether oxygens (including phenoxy) is 1. The quantitative estimate of drug-likeness (QED) is 0.782. The van der Waals surface area contributed by atoms with Crippen molar-refractivity contribution >= 4 is 10.0 Å². The fourth-order valence-corrected chi connectivity index (χ4v) is 2.86. The number of hydrogen-bond acceptors (Lipinski definition) is 4. The molecule has 0 saturated heterocycles. The molecule has 0 atom stereocenters. The number of methoxy groups -OCH3 is 1. The van der Waals surface area contributed by atoms with Gasteiger partial charge in [-0.2, -0.15) is 4.31 Å². The molecule has 96 valence electrons. The summed E-state index contributed by atoms with van der Waals surface area (Å²) in [4.78, 5) is 13.9. The van der Waals surface area contributed by atoms with E-state index in [1.165, 1.54) is 29.9 Å². The number of likely N-dealkylation sites (N-methyl/N-ethyl adjacent to an activating group) is 1. The average Bonchev–Trinajstić information content (AvgIpc) is 2.30. The van der Waals surface area contributed by atoms with Crippen molar-refractivity contribution in [2.75, 3.05) is 26.8 Å². The highest BCUT2D eigenvalue weighted by Crippen LogP contribution is 2.09. The first-order valence-corrected chi connectivity index (χ1v) is 6.64. The van der Waals surface area contributed by atoms with Gasteiger partial charge in [-0.15, -0.1) is 0 Å². The molecule has 0 aliphatic heterocycles. The van der Waals surface area contributed by atoms with Crippen LogP contribution >= 0.6 is 0 Å². The highest BCUT2D eigenvalue weighted by Gasteiger charge is 2.25. The first-order valence-electron chi connectivity index (χ1n) is 5.20. The Labute approximate surface area is 100 Å². The number of aromatic nitrogens is 1. The van der Waals surface area contributed by atoms with Crippen molar-refractivity contribution < 1.29 is 13.2 Å². The second-order valence-corrected chi connectivity index (χ2v) is 5.27. The van der Waals surface area contributed by atoms with Crippen LogP contribution in [0.1, 0.15) is 6.92 Å². The van der Waals surface area contributed by atoms with E-state index in [9.17, 15) is 13.2 Å². The molecule has 1 heterocycles. The van der Waals surface area contributed by atoms with E-state index in [1.807, 2.05) is 0 Å². The molecule has 6 nitrogen and oxygen atoms in total.